The Hall–Kier alpha value is -2.54. The molecule has 1 aliphatic rings. The van der Waals surface area contributed by atoms with Crippen LogP contribution in [-0.4, -0.2) is 47.5 Å². The van der Waals surface area contributed by atoms with E-state index < -0.39 is 17.8 Å². The second-order valence-corrected chi connectivity index (χ2v) is 7.49. The van der Waals surface area contributed by atoms with E-state index in [0.29, 0.717) is 19.5 Å². The zero-order chi connectivity index (χ0) is 19.1. The van der Waals surface area contributed by atoms with Gasteiger partial charge in [0, 0.05) is 31.0 Å². The van der Waals surface area contributed by atoms with Crippen molar-refractivity contribution in [2.75, 3.05) is 29.9 Å². The van der Waals surface area contributed by atoms with Gasteiger partial charge in [-0.25, -0.2) is 9.18 Å². The number of para-hydroxylation sites is 1. The Morgan fingerprint density at radius 3 is 2.41 bits per heavy atom. The molecular formula is C20H22FN3O2S. The summed E-state index contributed by atoms with van der Waals surface area (Å²) in [6.45, 7) is 1.31. The van der Waals surface area contributed by atoms with Gasteiger partial charge in [0.2, 0.25) is 5.91 Å². The molecule has 7 heteroatoms. The van der Waals surface area contributed by atoms with Gasteiger partial charge in [0.15, 0.2) is 0 Å². The van der Waals surface area contributed by atoms with Gasteiger partial charge < -0.3 is 15.5 Å². The Balaban J connectivity index is 1.73. The quantitative estimate of drug-likeness (QED) is 0.829. The number of nitrogens with zero attached hydrogens (tertiary/aromatic N) is 1. The molecule has 0 radical (unpaired) electrons. The van der Waals surface area contributed by atoms with Gasteiger partial charge in [-0.2, -0.15) is 11.8 Å². The van der Waals surface area contributed by atoms with E-state index >= 15 is 0 Å². The molecule has 0 spiro atoms. The number of hydrogen-bond donors (Lipinski definition) is 2. The third kappa shape index (κ3) is 5.47. The van der Waals surface area contributed by atoms with Crippen molar-refractivity contribution in [3.8, 4) is 0 Å². The first-order valence-corrected chi connectivity index (χ1v) is 10.0. The first-order valence-electron chi connectivity index (χ1n) is 8.86. The van der Waals surface area contributed by atoms with Crippen LogP contribution in [0.4, 0.5) is 14.9 Å². The maximum Gasteiger partial charge on any atom is 0.318 e. The molecule has 3 amide bonds. The molecule has 2 aromatic rings. The van der Waals surface area contributed by atoms with Gasteiger partial charge in [0.05, 0.1) is 5.69 Å². The van der Waals surface area contributed by atoms with Crippen molar-refractivity contribution in [2.45, 2.75) is 12.5 Å². The second kappa shape index (κ2) is 9.41. The monoisotopic (exact) mass is 387 g/mol. The summed E-state index contributed by atoms with van der Waals surface area (Å²) in [5, 5.41) is 5.41. The van der Waals surface area contributed by atoms with Gasteiger partial charge in [-0.1, -0.05) is 42.5 Å². The average molecular weight is 387 g/mol. The maximum atomic E-state index is 13.9. The van der Waals surface area contributed by atoms with Crippen LogP contribution in [0.3, 0.4) is 0 Å². The highest BCUT2D eigenvalue weighted by Gasteiger charge is 2.25. The molecule has 0 aliphatic carbocycles. The molecule has 1 saturated heterocycles. The highest BCUT2D eigenvalue weighted by Crippen LogP contribution is 2.14. The first kappa shape index (κ1) is 19.2. The molecule has 1 heterocycles. The summed E-state index contributed by atoms with van der Waals surface area (Å²) in [7, 11) is 0. The summed E-state index contributed by atoms with van der Waals surface area (Å²) in [4.78, 5) is 27.1. The Morgan fingerprint density at radius 1 is 1.04 bits per heavy atom. The molecule has 0 saturated carbocycles. The Bertz CT molecular complexity index is 782. The lowest BCUT2D eigenvalue weighted by Crippen LogP contribution is -2.52. The summed E-state index contributed by atoms with van der Waals surface area (Å²) in [5.74, 6) is 0.823. The number of nitrogens with one attached hydrogen (secondary N) is 2. The first-order chi connectivity index (χ1) is 13.1. The van der Waals surface area contributed by atoms with E-state index in [9.17, 15) is 14.0 Å². The van der Waals surface area contributed by atoms with Gasteiger partial charge in [0.1, 0.15) is 11.9 Å². The number of hydrogen-bond acceptors (Lipinski definition) is 3. The molecule has 3 rings (SSSR count). The third-order valence-corrected chi connectivity index (χ3v) is 5.27. The van der Waals surface area contributed by atoms with E-state index in [2.05, 4.69) is 10.6 Å². The van der Waals surface area contributed by atoms with Crippen molar-refractivity contribution < 1.29 is 14.0 Å². The van der Waals surface area contributed by atoms with Crippen LogP contribution in [-0.2, 0) is 11.2 Å². The standard InChI is InChI=1S/C20H22FN3O2S/c21-16-8-4-5-9-17(16)22-19(25)18(14-15-6-2-1-3-7-15)23-20(26)24-10-12-27-13-11-24/h1-9,18H,10-14H2,(H,22,25)(H,23,26)/t18-/m0/s1. The minimum absolute atomic E-state index is 0.101. The highest BCUT2D eigenvalue weighted by atomic mass is 32.2. The van der Waals surface area contributed by atoms with Crippen LogP contribution in [0.5, 0.6) is 0 Å². The minimum atomic E-state index is -0.797. The normalized spacial score (nSPS) is 15.1. The van der Waals surface area contributed by atoms with E-state index in [1.165, 1.54) is 12.1 Å². The van der Waals surface area contributed by atoms with Crippen LogP contribution in [0.2, 0.25) is 0 Å². The molecule has 1 fully saturated rings. The number of rotatable bonds is 5. The molecule has 0 unspecified atom stereocenters. The van der Waals surface area contributed by atoms with Crippen LogP contribution < -0.4 is 10.6 Å². The van der Waals surface area contributed by atoms with Gasteiger partial charge in [0.25, 0.3) is 0 Å². The van der Waals surface area contributed by atoms with Crippen molar-refractivity contribution in [1.29, 1.82) is 0 Å². The number of amides is 3. The fourth-order valence-electron chi connectivity index (χ4n) is 2.85. The van der Waals surface area contributed by atoms with Gasteiger partial charge in [-0.15, -0.1) is 0 Å². The lowest BCUT2D eigenvalue weighted by atomic mass is 10.1. The van der Waals surface area contributed by atoms with Crippen LogP contribution in [0.25, 0.3) is 0 Å². The molecule has 0 aromatic heterocycles. The van der Waals surface area contributed by atoms with Crippen LogP contribution in [0.1, 0.15) is 5.56 Å². The van der Waals surface area contributed by atoms with Gasteiger partial charge >= 0.3 is 6.03 Å². The molecule has 27 heavy (non-hydrogen) atoms. The smallest absolute Gasteiger partial charge is 0.318 e. The molecule has 1 aliphatic heterocycles. The fraction of sp³-hybridized carbons (Fsp3) is 0.300. The molecule has 2 aromatic carbocycles. The van der Waals surface area contributed by atoms with E-state index in [1.54, 1.807) is 28.8 Å². The fourth-order valence-corrected chi connectivity index (χ4v) is 3.75. The Labute approximate surface area is 162 Å². The number of thioether (sulfide) groups is 1. The number of carbonyl (C=O) groups is 2. The number of anilines is 1. The minimum Gasteiger partial charge on any atom is -0.326 e. The van der Waals surface area contributed by atoms with Gasteiger partial charge in [-0.05, 0) is 17.7 Å². The number of carbonyl (C=O) groups excluding carboxylic acids is 2. The summed E-state index contributed by atoms with van der Waals surface area (Å²) in [6, 6.07) is 14.4. The van der Waals surface area contributed by atoms with Crippen molar-refractivity contribution in [3.63, 3.8) is 0 Å². The van der Waals surface area contributed by atoms with Crippen LogP contribution in [0, 0.1) is 5.82 Å². The number of halogens is 1. The van der Waals surface area contributed by atoms with E-state index in [0.717, 1.165) is 17.1 Å². The van der Waals surface area contributed by atoms with Crippen molar-refractivity contribution in [2.24, 2.45) is 0 Å². The SMILES string of the molecule is O=C(Nc1ccccc1F)[C@H](Cc1ccccc1)NC(=O)N1CCSCC1. The highest BCUT2D eigenvalue weighted by molar-refractivity contribution is 7.99. The van der Waals surface area contributed by atoms with E-state index in [4.69, 9.17) is 0 Å². The molecule has 5 nitrogen and oxygen atoms in total. The number of benzene rings is 2. The lowest BCUT2D eigenvalue weighted by Gasteiger charge is -2.29. The molecule has 142 valence electrons. The van der Waals surface area contributed by atoms with Crippen molar-refractivity contribution in [1.82, 2.24) is 10.2 Å². The third-order valence-electron chi connectivity index (χ3n) is 4.33. The Morgan fingerprint density at radius 2 is 1.70 bits per heavy atom. The van der Waals surface area contributed by atoms with Crippen molar-refractivity contribution >= 4 is 29.4 Å². The summed E-state index contributed by atoms with van der Waals surface area (Å²) in [6.07, 6.45) is 0.329. The Kier molecular flexibility index (Phi) is 6.70. The maximum absolute atomic E-state index is 13.9. The zero-order valence-electron chi connectivity index (χ0n) is 14.9. The second-order valence-electron chi connectivity index (χ2n) is 6.26. The van der Waals surface area contributed by atoms with Crippen LogP contribution >= 0.6 is 11.8 Å². The summed E-state index contributed by atoms with van der Waals surface area (Å²) >= 11 is 1.80. The average Bonchev–Trinajstić information content (AvgIpc) is 2.70. The largest absolute Gasteiger partial charge is 0.326 e. The van der Waals surface area contributed by atoms with E-state index in [-0.39, 0.29) is 11.7 Å². The predicted molar refractivity (Wildman–Crippen MR) is 106 cm³/mol. The van der Waals surface area contributed by atoms with E-state index in [1.807, 2.05) is 30.3 Å². The van der Waals surface area contributed by atoms with Crippen LogP contribution in [0.15, 0.2) is 54.6 Å². The van der Waals surface area contributed by atoms with Crippen molar-refractivity contribution in [3.05, 3.63) is 66.0 Å². The molecular weight excluding hydrogens is 365 g/mol. The zero-order valence-corrected chi connectivity index (χ0v) is 15.7. The lowest BCUT2D eigenvalue weighted by molar-refractivity contribution is -0.118. The molecule has 1 atom stereocenters. The molecule has 0 bridgehead atoms. The van der Waals surface area contributed by atoms with Gasteiger partial charge in [-0.3, -0.25) is 4.79 Å². The summed E-state index contributed by atoms with van der Waals surface area (Å²) < 4.78 is 13.9. The summed E-state index contributed by atoms with van der Waals surface area (Å²) in [5.41, 5.74) is 1.02. The topological polar surface area (TPSA) is 61.4 Å². The number of urea groups is 1. The molecule has 2 N–H and O–H groups in total. The predicted octanol–water partition coefficient (Wildman–Crippen LogP) is 3.13.